The molecule has 1 aliphatic heterocycles. The smallest absolute Gasteiger partial charge is 0.201 e. The van der Waals surface area contributed by atoms with Gasteiger partial charge in [0.2, 0.25) is 6.29 Å². The van der Waals surface area contributed by atoms with Crippen LogP contribution in [-0.2, 0) is 9.53 Å². The van der Waals surface area contributed by atoms with Crippen molar-refractivity contribution in [2.75, 3.05) is 6.61 Å². The van der Waals surface area contributed by atoms with E-state index in [0.717, 1.165) is 19.4 Å². The first-order valence-corrected chi connectivity index (χ1v) is 3.97. The number of epoxide rings is 1. The van der Waals surface area contributed by atoms with E-state index in [1.807, 2.05) is 0 Å². The Morgan fingerprint density at radius 1 is 1.73 bits per heavy atom. The van der Waals surface area contributed by atoms with Gasteiger partial charge < -0.3 is 9.84 Å². The Hall–Kier alpha value is -0.410. The van der Waals surface area contributed by atoms with Crippen LogP contribution >= 0.6 is 0 Å². The predicted octanol–water partition coefficient (Wildman–Crippen LogP) is 0.416. The van der Waals surface area contributed by atoms with E-state index in [1.54, 1.807) is 6.29 Å². The molecule has 0 aliphatic carbocycles. The van der Waals surface area contributed by atoms with Crippen molar-refractivity contribution < 1.29 is 14.6 Å². The van der Waals surface area contributed by atoms with Gasteiger partial charge in [-0.25, -0.2) is 0 Å². The van der Waals surface area contributed by atoms with Gasteiger partial charge in [-0.2, -0.15) is 0 Å². The van der Waals surface area contributed by atoms with Crippen molar-refractivity contribution in [3.8, 4) is 0 Å². The van der Waals surface area contributed by atoms with Crippen LogP contribution in [0.2, 0.25) is 0 Å². The van der Waals surface area contributed by atoms with Crippen LogP contribution in [0.4, 0.5) is 0 Å². The number of carbonyl (C=O) groups excluding carboxylic acids is 1. The van der Waals surface area contributed by atoms with Gasteiger partial charge in [0.15, 0.2) is 0 Å². The number of ether oxygens (including phenoxy) is 1. The highest BCUT2D eigenvalue weighted by atomic mass is 16.6. The molecule has 1 saturated heterocycles. The fraction of sp³-hybridized carbons (Fsp3) is 0.875. The van der Waals surface area contributed by atoms with Crippen LogP contribution in [0, 0.1) is 0 Å². The van der Waals surface area contributed by atoms with Gasteiger partial charge in [0.1, 0.15) is 0 Å². The Balaban J connectivity index is 1.87. The summed E-state index contributed by atoms with van der Waals surface area (Å²) in [6.07, 6.45) is 4.41. The molecular weight excluding hydrogens is 144 g/mol. The molecule has 0 bridgehead atoms. The second-order valence-corrected chi connectivity index (χ2v) is 2.89. The van der Waals surface area contributed by atoms with Gasteiger partial charge in [0.05, 0.1) is 18.8 Å². The summed E-state index contributed by atoms with van der Waals surface area (Å²) in [5, 5.41) is 9.08. The second-order valence-electron chi connectivity index (χ2n) is 2.89. The summed E-state index contributed by atoms with van der Waals surface area (Å²) in [7, 11) is 0. The third-order valence-electron chi connectivity index (χ3n) is 1.78. The maximum Gasteiger partial charge on any atom is 0.201 e. The predicted molar refractivity (Wildman–Crippen MR) is 39.9 cm³/mol. The Labute approximate surface area is 66.4 Å². The average Bonchev–Trinajstić information content (AvgIpc) is 2.72. The summed E-state index contributed by atoms with van der Waals surface area (Å²) < 4.78 is 4.99. The van der Waals surface area contributed by atoms with Crippen LogP contribution in [0.15, 0.2) is 0 Å². The molecule has 11 heavy (non-hydrogen) atoms. The van der Waals surface area contributed by atoms with Crippen molar-refractivity contribution in [3.63, 3.8) is 0 Å². The molecule has 0 amide bonds. The summed E-state index contributed by atoms with van der Waals surface area (Å²) in [6.45, 7) is 0.871. The molecule has 63 valence electrons. The zero-order valence-corrected chi connectivity index (χ0v) is 6.45. The SMILES string of the molecule is O=[C]CC(O)CCCC1CO1. The van der Waals surface area contributed by atoms with E-state index < -0.39 is 6.10 Å². The van der Waals surface area contributed by atoms with Crippen LogP contribution in [-0.4, -0.2) is 30.2 Å². The molecular formula is C8H13O3. The second kappa shape index (κ2) is 4.46. The Morgan fingerprint density at radius 3 is 3.00 bits per heavy atom. The minimum Gasteiger partial charge on any atom is -0.393 e. The molecule has 1 heterocycles. The highest BCUT2D eigenvalue weighted by molar-refractivity contribution is 5.51. The largest absolute Gasteiger partial charge is 0.393 e. The van der Waals surface area contributed by atoms with Crippen LogP contribution in [0.1, 0.15) is 25.7 Å². The zero-order chi connectivity index (χ0) is 8.10. The molecule has 2 atom stereocenters. The minimum absolute atomic E-state index is 0.144. The number of hydrogen-bond donors (Lipinski definition) is 1. The van der Waals surface area contributed by atoms with Gasteiger partial charge in [0, 0.05) is 6.42 Å². The van der Waals surface area contributed by atoms with Crippen LogP contribution < -0.4 is 0 Å². The number of aliphatic hydroxyl groups excluding tert-OH is 1. The molecule has 3 heteroatoms. The summed E-state index contributed by atoms with van der Waals surface area (Å²) in [4.78, 5) is 9.81. The Bertz CT molecular complexity index is 121. The normalized spacial score (nSPS) is 24.6. The maximum atomic E-state index is 9.81. The molecule has 0 spiro atoms. The van der Waals surface area contributed by atoms with Gasteiger partial charge in [0.25, 0.3) is 0 Å². The van der Waals surface area contributed by atoms with Gasteiger partial charge in [-0.15, -0.1) is 0 Å². The standard InChI is InChI=1S/C8H13O3/c9-5-4-7(10)2-1-3-8-6-11-8/h7-8,10H,1-4,6H2. The third-order valence-corrected chi connectivity index (χ3v) is 1.78. The molecule has 1 radical (unpaired) electrons. The number of hydrogen-bond acceptors (Lipinski definition) is 3. The van der Waals surface area contributed by atoms with E-state index in [2.05, 4.69) is 0 Å². The molecule has 0 aromatic carbocycles. The fourth-order valence-electron chi connectivity index (χ4n) is 1.01. The van der Waals surface area contributed by atoms with Crippen LogP contribution in [0.3, 0.4) is 0 Å². The van der Waals surface area contributed by atoms with Crippen LogP contribution in [0.25, 0.3) is 0 Å². The van der Waals surface area contributed by atoms with Gasteiger partial charge in [-0.05, 0) is 19.3 Å². The molecule has 0 saturated carbocycles. The van der Waals surface area contributed by atoms with Crippen molar-refractivity contribution in [2.45, 2.75) is 37.9 Å². The first kappa shape index (κ1) is 8.68. The Kier molecular flexibility index (Phi) is 3.52. The van der Waals surface area contributed by atoms with E-state index in [1.165, 1.54) is 0 Å². The van der Waals surface area contributed by atoms with Crippen molar-refractivity contribution in [3.05, 3.63) is 0 Å². The van der Waals surface area contributed by atoms with Gasteiger partial charge >= 0.3 is 0 Å². The lowest BCUT2D eigenvalue weighted by Gasteiger charge is -2.03. The van der Waals surface area contributed by atoms with Crippen molar-refractivity contribution in [2.24, 2.45) is 0 Å². The highest BCUT2D eigenvalue weighted by Crippen LogP contribution is 2.17. The summed E-state index contributed by atoms with van der Waals surface area (Å²) >= 11 is 0. The maximum absolute atomic E-state index is 9.81. The summed E-state index contributed by atoms with van der Waals surface area (Å²) in [5.74, 6) is 0. The average molecular weight is 157 g/mol. The molecule has 1 rings (SSSR count). The Morgan fingerprint density at radius 2 is 2.45 bits per heavy atom. The molecule has 3 nitrogen and oxygen atoms in total. The molecule has 0 aromatic heterocycles. The third kappa shape index (κ3) is 4.11. The van der Waals surface area contributed by atoms with Crippen LogP contribution in [0.5, 0.6) is 0 Å². The number of rotatable bonds is 6. The minimum atomic E-state index is -0.494. The van der Waals surface area contributed by atoms with Crippen molar-refractivity contribution in [1.82, 2.24) is 0 Å². The monoisotopic (exact) mass is 157 g/mol. The molecule has 0 aromatic rings. The lowest BCUT2D eigenvalue weighted by atomic mass is 10.1. The van der Waals surface area contributed by atoms with Gasteiger partial charge in [-0.1, -0.05) is 0 Å². The number of aliphatic hydroxyl groups is 1. The summed E-state index contributed by atoms with van der Waals surface area (Å²) in [6, 6.07) is 0. The van der Waals surface area contributed by atoms with E-state index in [4.69, 9.17) is 9.84 Å². The molecule has 2 unspecified atom stereocenters. The topological polar surface area (TPSA) is 49.8 Å². The summed E-state index contributed by atoms with van der Waals surface area (Å²) in [5.41, 5.74) is 0. The van der Waals surface area contributed by atoms with E-state index in [0.29, 0.717) is 12.5 Å². The molecule has 1 aliphatic rings. The van der Waals surface area contributed by atoms with Gasteiger partial charge in [-0.3, -0.25) is 4.79 Å². The quantitative estimate of drug-likeness (QED) is 0.568. The highest BCUT2D eigenvalue weighted by Gasteiger charge is 2.21. The van der Waals surface area contributed by atoms with Crippen molar-refractivity contribution in [1.29, 1.82) is 0 Å². The van der Waals surface area contributed by atoms with E-state index in [-0.39, 0.29) is 6.42 Å². The molecule has 1 N–H and O–H groups in total. The van der Waals surface area contributed by atoms with Crippen molar-refractivity contribution >= 4 is 6.29 Å². The van der Waals surface area contributed by atoms with E-state index in [9.17, 15) is 4.79 Å². The van der Waals surface area contributed by atoms with E-state index >= 15 is 0 Å². The first-order chi connectivity index (χ1) is 5.33. The first-order valence-electron chi connectivity index (χ1n) is 3.97. The lowest BCUT2D eigenvalue weighted by molar-refractivity contribution is 0.166. The fourth-order valence-corrected chi connectivity index (χ4v) is 1.01. The lowest BCUT2D eigenvalue weighted by Crippen LogP contribution is -2.06. The zero-order valence-electron chi connectivity index (χ0n) is 6.45. The molecule has 1 fully saturated rings.